The Balaban J connectivity index is 0.00000225. The number of rotatable bonds is 5. The molecule has 0 aliphatic rings. The van der Waals surface area contributed by atoms with Crippen molar-refractivity contribution in [3.05, 3.63) is 23.8 Å². The predicted octanol–water partition coefficient (Wildman–Crippen LogP) is 3.10. The van der Waals surface area contributed by atoms with Gasteiger partial charge in [0.2, 0.25) is 0 Å². The number of halogens is 1. The van der Waals surface area contributed by atoms with Gasteiger partial charge in [0.05, 0.1) is 0 Å². The third kappa shape index (κ3) is 4.73. The van der Waals surface area contributed by atoms with Crippen molar-refractivity contribution in [1.29, 1.82) is 0 Å². The topological polar surface area (TPSA) is 66.5 Å². The van der Waals surface area contributed by atoms with Crippen LogP contribution in [-0.2, 0) is 0 Å². The maximum atomic E-state index is 9.30. The molecule has 3 nitrogen and oxygen atoms in total. The van der Waals surface area contributed by atoms with Crippen molar-refractivity contribution in [3.8, 4) is 11.5 Å². The standard InChI is InChI=1S/C12H19NO2.ClH/c1-2-3-4-5-12(13)9-6-10(14)8-11(15)7-9;/h6-8,12,14-15H,2-5,13H2,1H3;1H/t12-;/m0./s1. The Kier molecular flexibility index (Phi) is 6.93. The van der Waals surface area contributed by atoms with Crippen LogP contribution in [0, 0.1) is 0 Å². The Labute approximate surface area is 103 Å². The van der Waals surface area contributed by atoms with Crippen molar-refractivity contribution in [1.82, 2.24) is 0 Å². The first kappa shape index (κ1) is 15.1. The fourth-order valence-electron chi connectivity index (χ4n) is 1.61. The van der Waals surface area contributed by atoms with Crippen molar-refractivity contribution >= 4 is 12.4 Å². The van der Waals surface area contributed by atoms with Crippen molar-refractivity contribution in [2.45, 2.75) is 38.6 Å². The molecule has 0 spiro atoms. The molecule has 0 heterocycles. The zero-order valence-electron chi connectivity index (χ0n) is 9.52. The van der Waals surface area contributed by atoms with E-state index in [1.54, 1.807) is 12.1 Å². The molecular formula is C12H20ClNO2. The molecule has 0 unspecified atom stereocenters. The smallest absolute Gasteiger partial charge is 0.119 e. The highest BCUT2D eigenvalue weighted by Gasteiger charge is 2.07. The molecule has 0 aliphatic carbocycles. The minimum absolute atomic E-state index is 0. The first-order chi connectivity index (χ1) is 7.13. The number of nitrogens with two attached hydrogens (primary N) is 1. The lowest BCUT2D eigenvalue weighted by atomic mass is 10.0. The van der Waals surface area contributed by atoms with E-state index in [4.69, 9.17) is 5.73 Å². The molecule has 0 aliphatic heterocycles. The van der Waals surface area contributed by atoms with Crippen LogP contribution >= 0.6 is 12.4 Å². The average Bonchev–Trinajstić information content (AvgIpc) is 2.16. The van der Waals surface area contributed by atoms with Gasteiger partial charge in [0.1, 0.15) is 11.5 Å². The van der Waals surface area contributed by atoms with Gasteiger partial charge in [0.25, 0.3) is 0 Å². The van der Waals surface area contributed by atoms with E-state index < -0.39 is 0 Å². The summed E-state index contributed by atoms with van der Waals surface area (Å²) < 4.78 is 0. The molecule has 92 valence electrons. The molecule has 0 fully saturated rings. The lowest BCUT2D eigenvalue weighted by Gasteiger charge is -2.12. The summed E-state index contributed by atoms with van der Waals surface area (Å²) in [6, 6.07) is 4.42. The highest BCUT2D eigenvalue weighted by molar-refractivity contribution is 5.85. The van der Waals surface area contributed by atoms with Crippen LogP contribution in [0.1, 0.15) is 44.2 Å². The summed E-state index contributed by atoms with van der Waals surface area (Å²) in [6.07, 6.45) is 4.29. The first-order valence-electron chi connectivity index (χ1n) is 5.42. The van der Waals surface area contributed by atoms with E-state index in [1.165, 1.54) is 12.5 Å². The number of phenolic OH excluding ortho intramolecular Hbond substituents is 2. The molecule has 1 rings (SSSR count). The lowest BCUT2D eigenvalue weighted by Crippen LogP contribution is -2.09. The van der Waals surface area contributed by atoms with Gasteiger partial charge in [0.15, 0.2) is 0 Å². The Bertz CT molecular complexity index is 298. The van der Waals surface area contributed by atoms with Crippen LogP contribution in [0.15, 0.2) is 18.2 Å². The van der Waals surface area contributed by atoms with E-state index in [2.05, 4.69) is 6.92 Å². The van der Waals surface area contributed by atoms with E-state index in [-0.39, 0.29) is 29.9 Å². The number of unbranched alkanes of at least 4 members (excludes halogenated alkanes) is 2. The fraction of sp³-hybridized carbons (Fsp3) is 0.500. The second-order valence-corrected chi connectivity index (χ2v) is 3.89. The van der Waals surface area contributed by atoms with Gasteiger partial charge >= 0.3 is 0 Å². The van der Waals surface area contributed by atoms with E-state index >= 15 is 0 Å². The quantitative estimate of drug-likeness (QED) is 0.699. The number of aromatic hydroxyl groups is 2. The number of hydrogen-bond donors (Lipinski definition) is 3. The lowest BCUT2D eigenvalue weighted by molar-refractivity contribution is 0.446. The molecule has 0 radical (unpaired) electrons. The maximum Gasteiger partial charge on any atom is 0.119 e. The zero-order chi connectivity index (χ0) is 11.3. The monoisotopic (exact) mass is 245 g/mol. The van der Waals surface area contributed by atoms with Crippen LogP contribution < -0.4 is 5.73 Å². The molecule has 0 aromatic heterocycles. The van der Waals surface area contributed by atoms with Gasteiger partial charge in [-0.05, 0) is 24.1 Å². The molecule has 0 bridgehead atoms. The van der Waals surface area contributed by atoms with Crippen molar-refractivity contribution in [2.75, 3.05) is 0 Å². The van der Waals surface area contributed by atoms with Crippen LogP contribution in [0.5, 0.6) is 11.5 Å². The van der Waals surface area contributed by atoms with E-state index in [1.807, 2.05) is 0 Å². The van der Waals surface area contributed by atoms with Crippen molar-refractivity contribution in [3.63, 3.8) is 0 Å². The average molecular weight is 246 g/mol. The van der Waals surface area contributed by atoms with Crippen LogP contribution in [0.4, 0.5) is 0 Å². The minimum atomic E-state index is -0.102. The van der Waals surface area contributed by atoms with Gasteiger partial charge in [-0.15, -0.1) is 12.4 Å². The first-order valence-corrected chi connectivity index (χ1v) is 5.42. The highest BCUT2D eigenvalue weighted by Crippen LogP contribution is 2.26. The third-order valence-electron chi connectivity index (χ3n) is 2.47. The van der Waals surface area contributed by atoms with E-state index in [9.17, 15) is 10.2 Å². The maximum absolute atomic E-state index is 9.30. The van der Waals surface area contributed by atoms with Crippen molar-refractivity contribution in [2.24, 2.45) is 5.73 Å². The Morgan fingerprint density at radius 1 is 1.12 bits per heavy atom. The van der Waals surface area contributed by atoms with Gasteiger partial charge in [-0.1, -0.05) is 26.2 Å². The summed E-state index contributed by atoms with van der Waals surface area (Å²) in [6.45, 7) is 2.14. The Morgan fingerprint density at radius 3 is 2.19 bits per heavy atom. The van der Waals surface area contributed by atoms with Gasteiger partial charge in [-0.2, -0.15) is 0 Å². The molecular weight excluding hydrogens is 226 g/mol. The van der Waals surface area contributed by atoms with Crippen molar-refractivity contribution < 1.29 is 10.2 Å². The largest absolute Gasteiger partial charge is 0.508 e. The summed E-state index contributed by atoms with van der Waals surface area (Å²) in [5.74, 6) is 0.131. The second kappa shape index (κ2) is 7.36. The SMILES string of the molecule is CCCCC[C@H](N)c1cc(O)cc(O)c1.Cl. The molecule has 0 saturated carbocycles. The van der Waals surface area contributed by atoms with E-state index in [0.29, 0.717) is 0 Å². The highest BCUT2D eigenvalue weighted by atomic mass is 35.5. The molecule has 16 heavy (non-hydrogen) atoms. The summed E-state index contributed by atoms with van der Waals surface area (Å²) in [7, 11) is 0. The fourth-order valence-corrected chi connectivity index (χ4v) is 1.61. The minimum Gasteiger partial charge on any atom is -0.508 e. The summed E-state index contributed by atoms with van der Waals surface area (Å²) in [4.78, 5) is 0. The van der Waals surface area contributed by atoms with E-state index in [0.717, 1.165) is 24.8 Å². The Morgan fingerprint density at radius 2 is 1.69 bits per heavy atom. The zero-order valence-corrected chi connectivity index (χ0v) is 10.3. The third-order valence-corrected chi connectivity index (χ3v) is 2.47. The molecule has 4 heteroatoms. The number of phenols is 2. The molecule has 0 saturated heterocycles. The number of hydrogen-bond acceptors (Lipinski definition) is 3. The summed E-state index contributed by atoms with van der Waals surface area (Å²) >= 11 is 0. The van der Waals surface area contributed by atoms with Crippen LogP contribution in [-0.4, -0.2) is 10.2 Å². The summed E-state index contributed by atoms with van der Waals surface area (Å²) in [5, 5.41) is 18.6. The normalized spacial score (nSPS) is 11.9. The molecule has 1 aromatic carbocycles. The second-order valence-electron chi connectivity index (χ2n) is 3.89. The number of benzene rings is 1. The van der Waals surface area contributed by atoms with Gasteiger partial charge in [-0.25, -0.2) is 0 Å². The molecule has 1 aromatic rings. The molecule has 4 N–H and O–H groups in total. The summed E-state index contributed by atoms with van der Waals surface area (Å²) in [5.41, 5.74) is 6.75. The molecule has 0 amide bonds. The van der Waals surface area contributed by atoms with Crippen LogP contribution in [0.3, 0.4) is 0 Å². The van der Waals surface area contributed by atoms with Crippen LogP contribution in [0.25, 0.3) is 0 Å². The van der Waals surface area contributed by atoms with Gasteiger partial charge < -0.3 is 15.9 Å². The molecule has 1 atom stereocenters. The van der Waals surface area contributed by atoms with Crippen LogP contribution in [0.2, 0.25) is 0 Å². The Hall–Kier alpha value is -0.930. The van der Waals surface area contributed by atoms with Gasteiger partial charge in [-0.3, -0.25) is 0 Å². The predicted molar refractivity (Wildman–Crippen MR) is 68.1 cm³/mol. The van der Waals surface area contributed by atoms with Gasteiger partial charge in [0, 0.05) is 12.1 Å².